The quantitative estimate of drug-likeness (QED) is 0.133. The van der Waals surface area contributed by atoms with E-state index in [2.05, 4.69) is 286 Å². The SMILES string of the molecule is Brc1ccc(C(c2ccc(Br)cc2)(c2ccc(Br)cc2)c2ccc(Br)cc2)cc1.C.Cc1ccc(C(c2ccc(C)cc2)(c2ccc(C)cc2)c2ccc(C)cc2)cc1. The Hall–Kier alpha value is -4.32. The monoisotopic (exact) mass is 1020 g/mol. The van der Waals surface area contributed by atoms with E-state index in [4.69, 9.17) is 0 Å². The van der Waals surface area contributed by atoms with Gasteiger partial charge in [0.25, 0.3) is 0 Å². The molecule has 0 radical (unpaired) electrons. The Bertz CT molecular complexity index is 1990. The molecule has 0 unspecified atom stereocenters. The Labute approximate surface area is 385 Å². The van der Waals surface area contributed by atoms with Gasteiger partial charge < -0.3 is 0 Å². The van der Waals surface area contributed by atoms with Crippen LogP contribution < -0.4 is 0 Å². The van der Waals surface area contributed by atoms with Crippen molar-refractivity contribution >= 4 is 63.7 Å². The highest BCUT2D eigenvalue weighted by atomic mass is 79.9. The summed E-state index contributed by atoms with van der Waals surface area (Å²) in [5, 5.41) is 0. The van der Waals surface area contributed by atoms with Gasteiger partial charge >= 0.3 is 0 Å². The number of aryl methyl sites for hydroxylation is 4. The summed E-state index contributed by atoms with van der Waals surface area (Å²) in [6.45, 7) is 8.59. The van der Waals surface area contributed by atoms with Crippen molar-refractivity contribution in [2.45, 2.75) is 46.0 Å². The van der Waals surface area contributed by atoms with Crippen molar-refractivity contribution in [3.05, 3.63) is 279 Å². The van der Waals surface area contributed by atoms with Gasteiger partial charge in [0.1, 0.15) is 0 Å². The molecule has 0 saturated carbocycles. The zero-order chi connectivity index (χ0) is 40.9. The maximum atomic E-state index is 3.59. The summed E-state index contributed by atoms with van der Waals surface area (Å²) in [6, 6.07) is 70.6. The van der Waals surface area contributed by atoms with Gasteiger partial charge in [-0.05, 0) is 121 Å². The van der Waals surface area contributed by atoms with E-state index in [-0.39, 0.29) is 12.8 Å². The third-order valence-corrected chi connectivity index (χ3v) is 13.2. The van der Waals surface area contributed by atoms with Crippen LogP contribution in [0.25, 0.3) is 0 Å². The molecule has 0 aliphatic rings. The molecule has 8 aromatic rings. The van der Waals surface area contributed by atoms with Gasteiger partial charge in [-0.15, -0.1) is 0 Å². The number of hydrogen-bond donors (Lipinski definition) is 0. The van der Waals surface area contributed by atoms with Crippen LogP contribution in [-0.4, -0.2) is 0 Å². The first-order chi connectivity index (χ1) is 28.0. The number of rotatable bonds is 8. The minimum absolute atomic E-state index is 0. The zero-order valence-corrected chi connectivity index (χ0v) is 39.3. The maximum Gasteiger partial charge on any atom is 0.0701 e. The number of benzene rings is 8. The molecule has 59 heavy (non-hydrogen) atoms. The molecular formula is C55H48Br4. The highest BCUT2D eigenvalue weighted by Gasteiger charge is 2.39. The van der Waals surface area contributed by atoms with Gasteiger partial charge in [-0.2, -0.15) is 0 Å². The van der Waals surface area contributed by atoms with Crippen molar-refractivity contribution in [3.63, 3.8) is 0 Å². The van der Waals surface area contributed by atoms with Crippen molar-refractivity contribution < 1.29 is 0 Å². The van der Waals surface area contributed by atoms with Crippen LogP contribution in [0.1, 0.15) is 74.2 Å². The number of halogens is 4. The predicted molar refractivity (Wildman–Crippen MR) is 266 cm³/mol. The zero-order valence-electron chi connectivity index (χ0n) is 33.0. The predicted octanol–water partition coefficient (Wildman–Crippen LogP) is 17.1. The molecule has 0 saturated heterocycles. The molecule has 0 atom stereocenters. The van der Waals surface area contributed by atoms with E-state index in [1.807, 2.05) is 0 Å². The van der Waals surface area contributed by atoms with Gasteiger partial charge in [-0.1, -0.05) is 239 Å². The van der Waals surface area contributed by atoms with E-state index in [9.17, 15) is 0 Å². The van der Waals surface area contributed by atoms with Crippen LogP contribution in [0.3, 0.4) is 0 Å². The van der Waals surface area contributed by atoms with Crippen molar-refractivity contribution in [2.75, 3.05) is 0 Å². The summed E-state index contributed by atoms with van der Waals surface area (Å²) in [5.74, 6) is 0. The molecular weight excluding hydrogens is 980 g/mol. The molecule has 0 spiro atoms. The van der Waals surface area contributed by atoms with E-state index in [0.717, 1.165) is 17.9 Å². The molecule has 0 nitrogen and oxygen atoms in total. The lowest BCUT2D eigenvalue weighted by atomic mass is 9.65. The fraction of sp³-hybridized carbons (Fsp3) is 0.127. The third-order valence-electron chi connectivity index (χ3n) is 11.0. The van der Waals surface area contributed by atoms with Gasteiger partial charge in [-0.25, -0.2) is 0 Å². The second-order valence-corrected chi connectivity index (χ2v) is 18.7. The largest absolute Gasteiger partial charge is 0.0776 e. The van der Waals surface area contributed by atoms with Gasteiger partial charge in [0, 0.05) is 17.9 Å². The first kappa shape index (κ1) is 44.2. The molecule has 0 aliphatic carbocycles. The molecule has 0 fully saturated rings. The minimum Gasteiger partial charge on any atom is -0.0776 e. The Kier molecular flexibility index (Phi) is 14.5. The number of hydrogen-bond acceptors (Lipinski definition) is 0. The molecule has 0 heterocycles. The van der Waals surface area contributed by atoms with E-state index < -0.39 is 5.41 Å². The Balaban J connectivity index is 0.000000195. The van der Waals surface area contributed by atoms with Gasteiger partial charge in [-0.3, -0.25) is 0 Å². The van der Waals surface area contributed by atoms with Crippen molar-refractivity contribution in [1.29, 1.82) is 0 Å². The van der Waals surface area contributed by atoms with Crippen LogP contribution in [0.5, 0.6) is 0 Å². The maximum absolute atomic E-state index is 3.59. The fourth-order valence-electron chi connectivity index (χ4n) is 8.01. The summed E-state index contributed by atoms with van der Waals surface area (Å²) in [4.78, 5) is 0. The summed E-state index contributed by atoms with van der Waals surface area (Å²) < 4.78 is 4.27. The summed E-state index contributed by atoms with van der Waals surface area (Å²) in [5.41, 5.74) is 14.3. The lowest BCUT2D eigenvalue weighted by molar-refractivity contribution is 0.743. The second kappa shape index (κ2) is 19.4. The van der Waals surface area contributed by atoms with E-state index >= 15 is 0 Å². The van der Waals surface area contributed by atoms with E-state index in [0.29, 0.717) is 0 Å². The molecule has 4 heteroatoms. The van der Waals surface area contributed by atoms with Crippen molar-refractivity contribution in [3.8, 4) is 0 Å². The topological polar surface area (TPSA) is 0 Å². The minimum atomic E-state index is -0.442. The first-order valence-corrected chi connectivity index (χ1v) is 22.5. The Morgan fingerprint density at radius 3 is 0.475 bits per heavy atom. The first-order valence-electron chi connectivity index (χ1n) is 19.3. The Morgan fingerprint density at radius 1 is 0.220 bits per heavy atom. The van der Waals surface area contributed by atoms with Crippen LogP contribution in [0, 0.1) is 27.7 Å². The third kappa shape index (κ3) is 9.37. The summed E-state index contributed by atoms with van der Waals surface area (Å²) in [6.07, 6.45) is 0. The average Bonchev–Trinajstić information content (AvgIpc) is 3.23. The standard InChI is InChI=1S/C29H28.C25H16Br4.CH4/c1-21-5-13-25(14-6-21)29(26-15-7-22(2)8-16-26,27-17-9-23(3)10-18-27)28-19-11-24(4)12-20-28;26-21-9-1-17(2-10-21)25(18-3-11-22(27)12-4-18,19-5-13-23(28)14-6-19)20-7-15-24(29)16-8-20;/h5-20H,1-4H3;1-16H;1H4. The fourth-order valence-corrected chi connectivity index (χ4v) is 9.07. The second-order valence-electron chi connectivity index (χ2n) is 15.0. The highest BCUT2D eigenvalue weighted by Crippen LogP contribution is 2.47. The molecule has 0 aliphatic heterocycles. The summed E-state index contributed by atoms with van der Waals surface area (Å²) in [7, 11) is 0. The van der Waals surface area contributed by atoms with Gasteiger partial charge in [0.05, 0.1) is 10.8 Å². The normalized spacial score (nSPS) is 11.3. The van der Waals surface area contributed by atoms with Crippen LogP contribution in [0.15, 0.2) is 212 Å². The van der Waals surface area contributed by atoms with E-state index in [1.165, 1.54) is 66.8 Å². The van der Waals surface area contributed by atoms with Crippen molar-refractivity contribution in [1.82, 2.24) is 0 Å². The molecule has 8 aromatic carbocycles. The van der Waals surface area contributed by atoms with Crippen LogP contribution in [0.2, 0.25) is 0 Å². The Morgan fingerprint density at radius 2 is 0.339 bits per heavy atom. The lowest BCUT2D eigenvalue weighted by Crippen LogP contribution is -2.31. The van der Waals surface area contributed by atoms with Crippen molar-refractivity contribution in [2.24, 2.45) is 0 Å². The molecule has 0 amide bonds. The average molecular weight is 1030 g/mol. The molecule has 0 aromatic heterocycles. The van der Waals surface area contributed by atoms with Gasteiger partial charge in [0.15, 0.2) is 0 Å². The molecule has 0 bridgehead atoms. The van der Waals surface area contributed by atoms with Crippen LogP contribution >= 0.6 is 63.7 Å². The van der Waals surface area contributed by atoms with E-state index in [1.54, 1.807) is 0 Å². The lowest BCUT2D eigenvalue weighted by Gasteiger charge is -2.37. The highest BCUT2D eigenvalue weighted by molar-refractivity contribution is 9.11. The van der Waals surface area contributed by atoms with Crippen LogP contribution in [0.4, 0.5) is 0 Å². The summed E-state index contributed by atoms with van der Waals surface area (Å²) >= 11 is 14.4. The molecule has 8 rings (SSSR count). The van der Waals surface area contributed by atoms with Gasteiger partial charge in [0.2, 0.25) is 0 Å². The molecule has 296 valence electrons. The van der Waals surface area contributed by atoms with Crippen LogP contribution in [-0.2, 0) is 10.8 Å². The smallest absolute Gasteiger partial charge is 0.0701 e. The molecule has 0 N–H and O–H groups in total.